The lowest BCUT2D eigenvalue weighted by molar-refractivity contribution is -0.124. The highest BCUT2D eigenvalue weighted by molar-refractivity contribution is 7.84. The molecule has 1 amide bonds. The van der Waals surface area contributed by atoms with E-state index in [1.165, 1.54) is 0 Å². The normalized spacial score (nSPS) is 15.6. The Kier molecular flexibility index (Phi) is 5.57. The molecule has 3 atom stereocenters. The van der Waals surface area contributed by atoms with E-state index in [4.69, 9.17) is 4.98 Å². The number of aromatic nitrogens is 2. The number of imidazole rings is 1. The molecule has 1 N–H and O–H groups in total. The summed E-state index contributed by atoms with van der Waals surface area (Å²) in [5.74, 6) is 0.855. The Bertz CT molecular complexity index is 724. The van der Waals surface area contributed by atoms with Gasteiger partial charge in [-0.2, -0.15) is 0 Å². The summed E-state index contributed by atoms with van der Waals surface area (Å²) in [5, 5.41) is 3.00. The van der Waals surface area contributed by atoms with E-state index in [2.05, 4.69) is 23.7 Å². The van der Waals surface area contributed by atoms with Gasteiger partial charge >= 0.3 is 0 Å². The molecule has 126 valence electrons. The molecule has 0 fully saturated rings. The number of nitrogens with zero attached hydrogens (tertiary/aromatic N) is 2. The first-order valence-corrected chi connectivity index (χ1v) is 9.61. The van der Waals surface area contributed by atoms with Crippen molar-refractivity contribution < 1.29 is 9.00 Å². The van der Waals surface area contributed by atoms with Gasteiger partial charge in [0, 0.05) is 34.8 Å². The SMILES string of the molecule is CC(C)n1c([C@H](C)NC(=O)[C@H](C)C[S@@](C)=O)nc2ccccc21. The number of carbonyl (C=O) groups is 1. The van der Waals surface area contributed by atoms with Crippen LogP contribution in [0.2, 0.25) is 0 Å². The van der Waals surface area contributed by atoms with Crippen molar-refractivity contribution in [3.05, 3.63) is 30.1 Å². The molecule has 5 nitrogen and oxygen atoms in total. The first-order valence-electron chi connectivity index (χ1n) is 7.88. The van der Waals surface area contributed by atoms with Gasteiger partial charge in [0.25, 0.3) is 0 Å². The van der Waals surface area contributed by atoms with Crippen LogP contribution in [0.15, 0.2) is 24.3 Å². The van der Waals surface area contributed by atoms with Crippen LogP contribution in [-0.2, 0) is 15.6 Å². The molecule has 0 aliphatic heterocycles. The monoisotopic (exact) mass is 335 g/mol. The van der Waals surface area contributed by atoms with Gasteiger partial charge in [0.15, 0.2) is 0 Å². The molecule has 1 heterocycles. The molecule has 1 aromatic heterocycles. The highest BCUT2D eigenvalue weighted by Gasteiger charge is 2.22. The Labute approximate surface area is 139 Å². The summed E-state index contributed by atoms with van der Waals surface area (Å²) < 4.78 is 13.4. The van der Waals surface area contributed by atoms with Crippen LogP contribution in [0.3, 0.4) is 0 Å². The van der Waals surface area contributed by atoms with Crippen molar-refractivity contribution in [2.75, 3.05) is 12.0 Å². The van der Waals surface area contributed by atoms with E-state index in [1.54, 1.807) is 13.2 Å². The summed E-state index contributed by atoms with van der Waals surface area (Å²) >= 11 is 0. The van der Waals surface area contributed by atoms with Crippen LogP contribution in [0.5, 0.6) is 0 Å². The van der Waals surface area contributed by atoms with Gasteiger partial charge in [-0.3, -0.25) is 9.00 Å². The van der Waals surface area contributed by atoms with Crippen molar-refractivity contribution in [3.63, 3.8) is 0 Å². The second kappa shape index (κ2) is 7.25. The molecule has 0 saturated carbocycles. The zero-order valence-corrected chi connectivity index (χ0v) is 15.2. The standard InChI is InChI=1S/C17H25N3O2S/c1-11(2)20-15-9-7-6-8-14(15)19-16(20)13(4)18-17(21)12(3)10-23(5)22/h6-9,11-13H,10H2,1-5H3,(H,18,21)/t12-,13+,23-/m1/s1. The Morgan fingerprint density at radius 1 is 1.26 bits per heavy atom. The van der Waals surface area contributed by atoms with Gasteiger partial charge in [-0.15, -0.1) is 0 Å². The first-order chi connectivity index (χ1) is 10.8. The lowest BCUT2D eigenvalue weighted by atomic mass is 10.2. The Morgan fingerprint density at radius 3 is 2.52 bits per heavy atom. The highest BCUT2D eigenvalue weighted by atomic mass is 32.2. The average Bonchev–Trinajstić information content (AvgIpc) is 2.85. The van der Waals surface area contributed by atoms with Crippen LogP contribution in [0, 0.1) is 5.92 Å². The topological polar surface area (TPSA) is 64.0 Å². The van der Waals surface area contributed by atoms with E-state index in [0.717, 1.165) is 16.9 Å². The van der Waals surface area contributed by atoms with Crippen LogP contribution in [0.1, 0.15) is 45.6 Å². The highest BCUT2D eigenvalue weighted by Crippen LogP contribution is 2.25. The van der Waals surface area contributed by atoms with Crippen molar-refractivity contribution in [2.45, 2.75) is 39.8 Å². The van der Waals surface area contributed by atoms with E-state index in [-0.39, 0.29) is 23.9 Å². The second-order valence-corrected chi connectivity index (χ2v) is 7.77. The minimum atomic E-state index is -0.981. The second-order valence-electron chi connectivity index (χ2n) is 6.29. The third kappa shape index (κ3) is 3.99. The summed E-state index contributed by atoms with van der Waals surface area (Å²) in [6.45, 7) is 7.95. The number of hydrogen-bond acceptors (Lipinski definition) is 3. The molecule has 0 saturated heterocycles. The molecule has 0 spiro atoms. The Balaban J connectivity index is 2.27. The van der Waals surface area contributed by atoms with E-state index < -0.39 is 10.8 Å². The van der Waals surface area contributed by atoms with Gasteiger partial charge in [0.05, 0.1) is 17.1 Å². The van der Waals surface area contributed by atoms with Crippen molar-refractivity contribution >= 4 is 27.7 Å². The fourth-order valence-corrected chi connectivity index (χ4v) is 3.61. The van der Waals surface area contributed by atoms with Gasteiger partial charge in [-0.1, -0.05) is 19.1 Å². The van der Waals surface area contributed by atoms with E-state index in [1.807, 2.05) is 31.2 Å². The molecule has 0 aliphatic carbocycles. The smallest absolute Gasteiger partial charge is 0.224 e. The van der Waals surface area contributed by atoms with Gasteiger partial charge in [0.1, 0.15) is 5.82 Å². The zero-order chi connectivity index (χ0) is 17.1. The van der Waals surface area contributed by atoms with Crippen LogP contribution in [-0.4, -0.2) is 31.7 Å². The lowest BCUT2D eigenvalue weighted by Gasteiger charge is -2.20. The van der Waals surface area contributed by atoms with Gasteiger partial charge in [-0.25, -0.2) is 4.98 Å². The zero-order valence-electron chi connectivity index (χ0n) is 14.4. The fourth-order valence-electron chi connectivity index (χ4n) is 2.76. The molecular formula is C17H25N3O2S. The maximum atomic E-state index is 12.3. The quantitative estimate of drug-likeness (QED) is 0.883. The number of amides is 1. The fraction of sp³-hybridized carbons (Fsp3) is 0.529. The summed E-state index contributed by atoms with van der Waals surface area (Å²) in [7, 11) is -0.981. The van der Waals surface area contributed by atoms with E-state index >= 15 is 0 Å². The van der Waals surface area contributed by atoms with E-state index in [0.29, 0.717) is 5.75 Å². The van der Waals surface area contributed by atoms with Gasteiger partial charge < -0.3 is 9.88 Å². The summed E-state index contributed by atoms with van der Waals surface area (Å²) in [6, 6.07) is 8.03. The van der Waals surface area contributed by atoms with Gasteiger partial charge in [-0.05, 0) is 32.9 Å². The lowest BCUT2D eigenvalue weighted by Crippen LogP contribution is -2.35. The number of para-hydroxylation sites is 2. The van der Waals surface area contributed by atoms with Crippen LogP contribution in [0.4, 0.5) is 0 Å². The van der Waals surface area contributed by atoms with Crippen molar-refractivity contribution in [1.82, 2.24) is 14.9 Å². The van der Waals surface area contributed by atoms with Crippen molar-refractivity contribution in [1.29, 1.82) is 0 Å². The molecule has 2 aromatic rings. The maximum Gasteiger partial charge on any atom is 0.224 e. The summed E-state index contributed by atoms with van der Waals surface area (Å²) in [5.41, 5.74) is 2.00. The third-order valence-corrected chi connectivity index (χ3v) is 4.79. The summed E-state index contributed by atoms with van der Waals surface area (Å²) in [4.78, 5) is 17.0. The predicted molar refractivity (Wildman–Crippen MR) is 94.8 cm³/mol. The number of nitrogens with one attached hydrogen (secondary N) is 1. The molecule has 0 bridgehead atoms. The molecule has 1 aromatic carbocycles. The molecule has 2 rings (SSSR count). The van der Waals surface area contributed by atoms with Crippen molar-refractivity contribution in [3.8, 4) is 0 Å². The number of benzene rings is 1. The first kappa shape index (κ1) is 17.7. The third-order valence-electron chi connectivity index (χ3n) is 3.82. The molecule has 0 aliphatic rings. The average molecular weight is 335 g/mol. The number of hydrogen-bond donors (Lipinski definition) is 1. The largest absolute Gasteiger partial charge is 0.346 e. The number of carbonyl (C=O) groups excluding carboxylic acids is 1. The van der Waals surface area contributed by atoms with Crippen LogP contribution in [0.25, 0.3) is 11.0 Å². The van der Waals surface area contributed by atoms with E-state index in [9.17, 15) is 9.00 Å². The predicted octanol–water partition coefficient (Wildman–Crippen LogP) is 2.81. The minimum absolute atomic E-state index is 0.0879. The minimum Gasteiger partial charge on any atom is -0.346 e. The van der Waals surface area contributed by atoms with Gasteiger partial charge in [0.2, 0.25) is 5.91 Å². The Hall–Kier alpha value is -1.69. The molecule has 6 heteroatoms. The molecule has 0 radical (unpaired) electrons. The number of fused-ring (bicyclic) bond motifs is 1. The number of rotatable bonds is 6. The van der Waals surface area contributed by atoms with Crippen LogP contribution < -0.4 is 5.32 Å². The van der Waals surface area contributed by atoms with Crippen LogP contribution >= 0.6 is 0 Å². The molecular weight excluding hydrogens is 310 g/mol. The maximum absolute atomic E-state index is 12.3. The Morgan fingerprint density at radius 2 is 1.91 bits per heavy atom. The molecule has 23 heavy (non-hydrogen) atoms. The van der Waals surface area contributed by atoms with Crippen molar-refractivity contribution in [2.24, 2.45) is 5.92 Å². The molecule has 0 unspecified atom stereocenters. The summed E-state index contributed by atoms with van der Waals surface area (Å²) in [6.07, 6.45) is 1.62.